The number of esters is 2. The van der Waals surface area contributed by atoms with E-state index in [-0.39, 0.29) is 25.1 Å². The molecule has 1 fully saturated rings. The van der Waals surface area contributed by atoms with Crippen LogP contribution in [0.25, 0.3) is 0 Å². The lowest BCUT2D eigenvalue weighted by Gasteiger charge is -2.21. The summed E-state index contributed by atoms with van der Waals surface area (Å²) >= 11 is 0. The summed E-state index contributed by atoms with van der Waals surface area (Å²) in [6.45, 7) is 1.76. The van der Waals surface area contributed by atoms with Crippen LogP contribution in [0.4, 0.5) is 5.82 Å². The largest absolute Gasteiger partial charge is 0.481 e. The number of rotatable bonds is 40. The van der Waals surface area contributed by atoms with E-state index in [0.717, 1.165) is 75.0 Å². The van der Waals surface area contributed by atoms with Crippen molar-refractivity contribution in [1.29, 1.82) is 0 Å². The third kappa shape index (κ3) is 31.9. The molecular formula is C52H81N3O16P2. The van der Waals surface area contributed by atoms with Gasteiger partial charge in [-0.1, -0.05) is 150 Å². The van der Waals surface area contributed by atoms with Gasteiger partial charge in [-0.05, 0) is 76.7 Å². The molecule has 21 heteroatoms. The lowest BCUT2D eigenvalue weighted by molar-refractivity contribution is -0.161. The van der Waals surface area contributed by atoms with Gasteiger partial charge in [-0.2, -0.15) is 9.29 Å². The zero-order valence-electron chi connectivity index (χ0n) is 42.5. The molecule has 73 heavy (non-hydrogen) atoms. The molecule has 1 aliphatic heterocycles. The molecule has 0 saturated carbocycles. The Labute approximate surface area is 431 Å². The Morgan fingerprint density at radius 1 is 0.740 bits per heavy atom. The van der Waals surface area contributed by atoms with Crippen molar-refractivity contribution >= 4 is 33.4 Å². The van der Waals surface area contributed by atoms with Crippen LogP contribution >= 0.6 is 15.6 Å². The van der Waals surface area contributed by atoms with Gasteiger partial charge in [0.2, 0.25) is 0 Å². The summed E-state index contributed by atoms with van der Waals surface area (Å²) < 4.78 is 56.5. The molecule has 2 heterocycles. The van der Waals surface area contributed by atoms with Crippen LogP contribution in [0.15, 0.2) is 114 Å². The highest BCUT2D eigenvalue weighted by atomic mass is 31.3. The summed E-state index contributed by atoms with van der Waals surface area (Å²) in [5.74, 6) is -1.62. The molecule has 0 amide bonds. The zero-order chi connectivity index (χ0) is 53.6. The maximum atomic E-state index is 12.9. The highest BCUT2D eigenvalue weighted by Crippen LogP contribution is 2.60. The maximum Gasteiger partial charge on any atom is 0.481 e. The molecule has 1 saturated heterocycles. The smallest absolute Gasteiger partial charge is 0.462 e. The second-order valence-corrected chi connectivity index (χ2v) is 20.2. The number of aromatic nitrogens is 2. The van der Waals surface area contributed by atoms with Crippen LogP contribution in [0.3, 0.4) is 0 Å². The minimum Gasteiger partial charge on any atom is -0.462 e. The molecule has 0 aliphatic carbocycles. The quantitative estimate of drug-likeness (QED) is 0.0117. The van der Waals surface area contributed by atoms with Gasteiger partial charge in [0.15, 0.2) is 12.3 Å². The average molecular weight is 1070 g/mol. The molecule has 1 aromatic heterocycles. The fourth-order valence-corrected chi connectivity index (χ4v) is 8.93. The van der Waals surface area contributed by atoms with Gasteiger partial charge in [0, 0.05) is 19.0 Å². The van der Waals surface area contributed by atoms with E-state index in [2.05, 4.69) is 90.0 Å². The van der Waals surface area contributed by atoms with Crippen LogP contribution in [0, 0.1) is 0 Å². The van der Waals surface area contributed by atoms with Gasteiger partial charge < -0.3 is 45.1 Å². The van der Waals surface area contributed by atoms with E-state index in [1.54, 1.807) is 12.2 Å². The summed E-state index contributed by atoms with van der Waals surface area (Å²) in [6.07, 6.45) is 39.5. The normalized spacial score (nSPS) is 20.2. The zero-order valence-corrected chi connectivity index (χ0v) is 44.3. The monoisotopic (exact) mass is 1070 g/mol. The number of carbonyl (C=O) groups is 2. The Morgan fingerprint density at radius 3 is 1.95 bits per heavy atom. The van der Waals surface area contributed by atoms with Crippen molar-refractivity contribution in [2.75, 3.05) is 25.6 Å². The van der Waals surface area contributed by atoms with Crippen molar-refractivity contribution in [3.05, 3.63) is 120 Å². The Hall–Kier alpha value is -4.36. The highest BCUT2D eigenvalue weighted by molar-refractivity contribution is 7.61. The molecule has 410 valence electrons. The van der Waals surface area contributed by atoms with Gasteiger partial charge in [0.05, 0.1) is 19.3 Å². The molecule has 3 unspecified atom stereocenters. The molecule has 0 radical (unpaired) electrons. The molecule has 1 aromatic rings. The van der Waals surface area contributed by atoms with E-state index in [1.165, 1.54) is 37.8 Å². The van der Waals surface area contributed by atoms with Gasteiger partial charge in [-0.3, -0.25) is 23.2 Å². The van der Waals surface area contributed by atoms with Crippen LogP contribution < -0.4 is 11.4 Å². The summed E-state index contributed by atoms with van der Waals surface area (Å²) in [5.41, 5.74) is 4.56. The van der Waals surface area contributed by atoms with Crippen molar-refractivity contribution in [3.8, 4) is 0 Å². The molecule has 19 nitrogen and oxygen atoms in total. The fourth-order valence-electron chi connectivity index (χ4n) is 6.82. The van der Waals surface area contributed by atoms with Gasteiger partial charge in [0.25, 0.3) is 0 Å². The standard InChI is InChI=1S/C52H81N3O16P2/c1-3-5-7-9-11-13-15-17-19-21-22-24-26-28-30-32-34-43(56)36-37-48(58)69-44(40-66-47(57)35-33-31-29-27-25-23-20-18-16-14-12-10-8-6-4-2)41-67-72(62,63)71-73(64,65)68-42-45-49(59)50(60)51(70-45)55-39-38-46(53)54-52(55)61/h5,7,11,13-14,16-20,22,24,28,30,32,34,38-39,43-45,49-51,56,59-60H,3-4,6,8-10,12,15,21,23,25-27,29,31,33,35-37,40-42H2,1-2H3,(H,62,63)(H,64,65)(H2,53,54,61)/b7-5-,13-11-,16-14-,19-17-,20-18-,24-22-,30-28-,34-32-/t43?,44-,45-,49-,50-,51-/m1/s1. The van der Waals surface area contributed by atoms with Crippen LogP contribution in [0.2, 0.25) is 0 Å². The third-order valence-corrected chi connectivity index (χ3v) is 13.4. The van der Waals surface area contributed by atoms with Crippen molar-refractivity contribution < 1.29 is 71.4 Å². The first kappa shape index (κ1) is 64.8. The number of hydrogen-bond donors (Lipinski definition) is 6. The van der Waals surface area contributed by atoms with E-state index in [9.17, 15) is 48.6 Å². The van der Waals surface area contributed by atoms with Crippen LogP contribution in [-0.2, 0) is 46.3 Å². The number of allylic oxidation sites excluding steroid dienone is 15. The molecule has 0 aromatic carbocycles. The number of aliphatic hydroxyl groups excluding tert-OH is 3. The molecule has 2 rings (SSSR count). The molecule has 8 atom stereocenters. The predicted molar refractivity (Wildman–Crippen MR) is 281 cm³/mol. The van der Waals surface area contributed by atoms with E-state index >= 15 is 0 Å². The van der Waals surface area contributed by atoms with Gasteiger partial charge in [0.1, 0.15) is 30.7 Å². The van der Waals surface area contributed by atoms with Crippen molar-refractivity contribution in [1.82, 2.24) is 9.55 Å². The second kappa shape index (κ2) is 39.1. The number of phosphoric acid groups is 2. The summed E-state index contributed by atoms with van der Waals surface area (Å²) in [6, 6.07) is 1.23. The first-order valence-electron chi connectivity index (χ1n) is 25.4. The van der Waals surface area contributed by atoms with E-state index < -0.39 is 89.8 Å². The number of phosphoric ester groups is 2. The number of carbonyl (C=O) groups excluding carboxylic acids is 2. The Bertz CT molecular complexity index is 2120. The highest BCUT2D eigenvalue weighted by Gasteiger charge is 2.46. The first-order chi connectivity index (χ1) is 35.1. The molecular weight excluding hydrogens is 985 g/mol. The minimum atomic E-state index is -5.49. The van der Waals surface area contributed by atoms with Crippen LogP contribution in [0.1, 0.15) is 142 Å². The van der Waals surface area contributed by atoms with Gasteiger partial charge >= 0.3 is 33.3 Å². The first-order valence-corrected chi connectivity index (χ1v) is 28.4. The van der Waals surface area contributed by atoms with E-state index in [1.807, 2.05) is 12.2 Å². The summed E-state index contributed by atoms with van der Waals surface area (Å²) in [5, 5.41) is 31.3. The van der Waals surface area contributed by atoms with Crippen molar-refractivity contribution in [3.63, 3.8) is 0 Å². The molecule has 0 spiro atoms. The number of nitrogens with two attached hydrogens (primary N) is 1. The number of ether oxygens (including phenoxy) is 3. The van der Waals surface area contributed by atoms with Gasteiger partial charge in [-0.15, -0.1) is 0 Å². The second-order valence-electron chi connectivity index (χ2n) is 17.2. The number of unbranched alkanes of at least 4 members (excludes halogenated alkanes) is 9. The lowest BCUT2D eigenvalue weighted by atomic mass is 10.1. The van der Waals surface area contributed by atoms with Gasteiger partial charge in [-0.25, -0.2) is 13.9 Å². The number of nitrogens with zero attached hydrogens (tertiary/aromatic N) is 2. The number of anilines is 1. The minimum absolute atomic E-state index is 0.0539. The topological polar surface area (TPSA) is 286 Å². The Kier molecular flexibility index (Phi) is 34.7. The summed E-state index contributed by atoms with van der Waals surface area (Å²) in [4.78, 5) is 61.9. The maximum absolute atomic E-state index is 12.9. The Morgan fingerprint density at radius 2 is 1.32 bits per heavy atom. The Balaban J connectivity index is 1.88. The lowest BCUT2D eigenvalue weighted by Crippen LogP contribution is -2.36. The van der Waals surface area contributed by atoms with E-state index in [4.69, 9.17) is 29.0 Å². The van der Waals surface area contributed by atoms with Crippen molar-refractivity contribution in [2.45, 2.75) is 173 Å². The van der Waals surface area contributed by atoms with Crippen LogP contribution in [0.5, 0.6) is 0 Å². The van der Waals surface area contributed by atoms with Crippen LogP contribution in [-0.4, -0.2) is 96.9 Å². The number of nitrogen functional groups attached to an aromatic ring is 1. The SMILES string of the molecule is CC/C=C\C/C=C\C/C=C\C/C=C\C/C=C\C=C/C(O)CCC(=O)O[C@H](COC(=O)CCCCCCC/C=C\C=C/CCCCCC)COP(=O)(O)OP(=O)(O)OC[C@H]1O[C@@H](n2ccc(N)nc2=O)[C@H](O)[C@@H]1O. The fraction of sp³-hybridized carbons (Fsp3) is 0.577. The number of hydrogen-bond acceptors (Lipinski definition) is 16. The van der Waals surface area contributed by atoms with E-state index in [0.29, 0.717) is 12.8 Å². The summed E-state index contributed by atoms with van der Waals surface area (Å²) in [7, 11) is -11.0. The average Bonchev–Trinajstić information content (AvgIpc) is 3.63. The number of aliphatic hydroxyl groups is 3. The molecule has 1 aliphatic rings. The predicted octanol–water partition coefficient (Wildman–Crippen LogP) is 9.41. The molecule has 0 bridgehead atoms. The van der Waals surface area contributed by atoms with Crippen molar-refractivity contribution in [2.24, 2.45) is 0 Å². The third-order valence-electron chi connectivity index (χ3n) is 10.8. The molecule has 7 N–H and O–H groups in total.